The fraction of sp³-hybridized carbons (Fsp3) is 0.258. The number of benzene rings is 2. The summed E-state index contributed by atoms with van der Waals surface area (Å²) in [5.74, 6) is 1.92. The van der Waals surface area contributed by atoms with E-state index in [1.165, 1.54) is 5.57 Å². The summed E-state index contributed by atoms with van der Waals surface area (Å²) < 4.78 is 5.31. The molecule has 1 aliphatic carbocycles. The number of methoxy groups -OCH3 is 1. The van der Waals surface area contributed by atoms with E-state index in [1.807, 2.05) is 65.7 Å². The predicted octanol–water partition coefficient (Wildman–Crippen LogP) is 5.48. The minimum absolute atomic E-state index is 0.112. The highest BCUT2D eigenvalue weighted by Gasteiger charge is 2.29. The number of fused-ring (bicyclic) bond motifs is 2. The molecule has 0 N–H and O–H groups in total. The molecule has 2 aromatic heterocycles. The number of ether oxygens (including phenoxy) is 1. The van der Waals surface area contributed by atoms with Crippen molar-refractivity contribution in [2.45, 2.75) is 19.3 Å². The molecule has 6 heteroatoms. The van der Waals surface area contributed by atoms with E-state index in [-0.39, 0.29) is 5.91 Å². The molecule has 1 fully saturated rings. The number of anilines is 1. The highest BCUT2D eigenvalue weighted by atomic mass is 16.5. The SMILES string of the molecule is COc1ccc(/C=C2\CCCc3c2nc2ccccc2c3C(=O)N2CCN(c3ccccn3)CC2)cc1. The van der Waals surface area contributed by atoms with Crippen LogP contribution in [0, 0.1) is 0 Å². The topological polar surface area (TPSA) is 58.6 Å². The summed E-state index contributed by atoms with van der Waals surface area (Å²) in [5, 5.41) is 0.948. The van der Waals surface area contributed by atoms with E-state index in [9.17, 15) is 4.79 Å². The van der Waals surface area contributed by atoms with Crippen LogP contribution in [-0.4, -0.2) is 54.1 Å². The summed E-state index contributed by atoms with van der Waals surface area (Å²) in [6.07, 6.45) is 6.84. The Labute approximate surface area is 217 Å². The second-order valence-corrected chi connectivity index (χ2v) is 9.59. The molecule has 0 spiro atoms. The van der Waals surface area contributed by atoms with Crippen molar-refractivity contribution in [1.82, 2.24) is 14.9 Å². The zero-order valence-corrected chi connectivity index (χ0v) is 21.1. The summed E-state index contributed by atoms with van der Waals surface area (Å²) in [6.45, 7) is 2.90. The average Bonchev–Trinajstić information content (AvgIpc) is 2.97. The average molecular weight is 491 g/mol. The summed E-state index contributed by atoms with van der Waals surface area (Å²) >= 11 is 0. The first-order valence-electron chi connectivity index (χ1n) is 12.9. The number of rotatable bonds is 4. The van der Waals surface area contributed by atoms with E-state index < -0.39 is 0 Å². The standard InChI is InChI=1S/C31H30N4O2/c1-37-24-14-12-22(13-15-24)21-23-7-6-9-26-29(25-8-2-3-10-27(25)33-30(23)26)31(36)35-19-17-34(18-20-35)28-11-4-5-16-32-28/h2-5,8,10-16,21H,6-7,9,17-20H2,1H3/b23-21+. The molecule has 6 rings (SSSR count). The number of aromatic nitrogens is 2. The van der Waals surface area contributed by atoms with Crippen LogP contribution < -0.4 is 9.64 Å². The normalized spacial score (nSPS) is 16.6. The van der Waals surface area contributed by atoms with Crippen molar-refractivity contribution in [3.63, 3.8) is 0 Å². The van der Waals surface area contributed by atoms with Gasteiger partial charge in [-0.05, 0) is 72.4 Å². The van der Waals surface area contributed by atoms with E-state index in [4.69, 9.17) is 9.72 Å². The Morgan fingerprint density at radius 2 is 1.70 bits per heavy atom. The molecule has 2 aliphatic rings. The summed E-state index contributed by atoms with van der Waals surface area (Å²) in [6, 6.07) is 22.1. The van der Waals surface area contributed by atoms with Gasteiger partial charge in [0.15, 0.2) is 0 Å². The zero-order chi connectivity index (χ0) is 25.2. The fourth-order valence-corrected chi connectivity index (χ4v) is 5.46. The first kappa shape index (κ1) is 23.2. The van der Waals surface area contributed by atoms with Crippen molar-refractivity contribution >= 4 is 34.3 Å². The number of piperazine rings is 1. The molecule has 1 amide bonds. The Hall–Kier alpha value is -4.19. The van der Waals surface area contributed by atoms with Gasteiger partial charge in [-0.3, -0.25) is 4.79 Å². The second kappa shape index (κ2) is 10.1. The van der Waals surface area contributed by atoms with Crippen molar-refractivity contribution in [3.8, 4) is 5.75 Å². The van der Waals surface area contributed by atoms with Crippen LogP contribution in [0.3, 0.4) is 0 Å². The molecule has 0 saturated carbocycles. The summed E-state index contributed by atoms with van der Waals surface area (Å²) in [5.41, 5.74) is 6.05. The van der Waals surface area contributed by atoms with Gasteiger partial charge in [0.2, 0.25) is 0 Å². The number of amides is 1. The Kier molecular flexibility index (Phi) is 6.31. The van der Waals surface area contributed by atoms with Gasteiger partial charge in [0.05, 0.1) is 23.9 Å². The number of hydrogen-bond donors (Lipinski definition) is 0. The minimum Gasteiger partial charge on any atom is -0.497 e. The smallest absolute Gasteiger partial charge is 0.255 e. The van der Waals surface area contributed by atoms with Crippen molar-refractivity contribution in [2.24, 2.45) is 0 Å². The van der Waals surface area contributed by atoms with Gasteiger partial charge in [0.1, 0.15) is 11.6 Å². The van der Waals surface area contributed by atoms with Gasteiger partial charge in [-0.2, -0.15) is 0 Å². The lowest BCUT2D eigenvalue weighted by Gasteiger charge is -2.36. The fourth-order valence-electron chi connectivity index (χ4n) is 5.46. The number of hydrogen-bond acceptors (Lipinski definition) is 5. The number of para-hydroxylation sites is 1. The van der Waals surface area contributed by atoms with Gasteiger partial charge >= 0.3 is 0 Å². The summed E-state index contributed by atoms with van der Waals surface area (Å²) in [4.78, 5) is 27.9. The third-order valence-corrected chi connectivity index (χ3v) is 7.38. The van der Waals surface area contributed by atoms with Crippen LogP contribution in [0.15, 0.2) is 72.9 Å². The minimum atomic E-state index is 0.112. The molecule has 1 saturated heterocycles. The first-order chi connectivity index (χ1) is 18.2. The zero-order valence-electron chi connectivity index (χ0n) is 21.1. The molecule has 186 valence electrons. The lowest BCUT2D eigenvalue weighted by Crippen LogP contribution is -2.49. The molecular formula is C31H30N4O2. The van der Waals surface area contributed by atoms with E-state index in [0.29, 0.717) is 13.1 Å². The predicted molar refractivity (Wildman–Crippen MR) is 148 cm³/mol. The highest BCUT2D eigenvalue weighted by molar-refractivity contribution is 6.09. The van der Waals surface area contributed by atoms with Crippen LogP contribution in [0.25, 0.3) is 22.6 Å². The maximum atomic E-state index is 14.1. The second-order valence-electron chi connectivity index (χ2n) is 9.59. The monoisotopic (exact) mass is 490 g/mol. The Morgan fingerprint density at radius 3 is 2.46 bits per heavy atom. The van der Waals surface area contributed by atoms with Crippen LogP contribution in [0.4, 0.5) is 5.82 Å². The molecule has 1 aliphatic heterocycles. The quantitative estimate of drug-likeness (QED) is 0.379. The van der Waals surface area contributed by atoms with Crippen molar-refractivity contribution < 1.29 is 9.53 Å². The maximum absolute atomic E-state index is 14.1. The maximum Gasteiger partial charge on any atom is 0.255 e. The number of carbonyl (C=O) groups is 1. The van der Waals surface area contributed by atoms with Gasteiger partial charge in [-0.15, -0.1) is 0 Å². The van der Waals surface area contributed by atoms with Gasteiger partial charge in [0.25, 0.3) is 5.91 Å². The molecule has 0 unspecified atom stereocenters. The molecule has 0 bridgehead atoms. The van der Waals surface area contributed by atoms with Gasteiger partial charge in [-0.1, -0.05) is 36.4 Å². The number of pyridine rings is 2. The molecule has 3 heterocycles. The van der Waals surface area contributed by atoms with E-state index in [0.717, 1.165) is 77.2 Å². The Bertz CT molecular complexity index is 1460. The van der Waals surface area contributed by atoms with E-state index in [2.05, 4.69) is 28.1 Å². The van der Waals surface area contributed by atoms with Gasteiger partial charge in [0, 0.05) is 37.8 Å². The molecule has 2 aromatic carbocycles. The van der Waals surface area contributed by atoms with Gasteiger partial charge in [-0.25, -0.2) is 9.97 Å². The molecule has 0 radical (unpaired) electrons. The Balaban J connectivity index is 1.36. The van der Waals surface area contributed by atoms with E-state index in [1.54, 1.807) is 7.11 Å². The summed E-state index contributed by atoms with van der Waals surface area (Å²) in [7, 11) is 1.68. The lowest BCUT2D eigenvalue weighted by atomic mass is 9.85. The third kappa shape index (κ3) is 4.55. The molecule has 0 atom stereocenters. The number of carbonyl (C=O) groups excluding carboxylic acids is 1. The van der Waals surface area contributed by atoms with Crippen LogP contribution >= 0.6 is 0 Å². The highest BCUT2D eigenvalue weighted by Crippen LogP contribution is 2.37. The van der Waals surface area contributed by atoms with Crippen molar-refractivity contribution in [2.75, 3.05) is 38.2 Å². The third-order valence-electron chi connectivity index (χ3n) is 7.38. The Morgan fingerprint density at radius 1 is 0.919 bits per heavy atom. The molecular weight excluding hydrogens is 460 g/mol. The largest absolute Gasteiger partial charge is 0.497 e. The van der Waals surface area contributed by atoms with Crippen molar-refractivity contribution in [1.29, 1.82) is 0 Å². The lowest BCUT2D eigenvalue weighted by molar-refractivity contribution is 0.0747. The molecule has 4 aromatic rings. The number of allylic oxidation sites excluding steroid dienone is 1. The molecule has 37 heavy (non-hydrogen) atoms. The van der Waals surface area contributed by atoms with Crippen LogP contribution in [0.2, 0.25) is 0 Å². The van der Waals surface area contributed by atoms with Gasteiger partial charge < -0.3 is 14.5 Å². The number of nitrogens with zero attached hydrogens (tertiary/aromatic N) is 4. The van der Waals surface area contributed by atoms with Crippen molar-refractivity contribution in [3.05, 3.63) is 95.3 Å². The molecule has 6 nitrogen and oxygen atoms in total. The van der Waals surface area contributed by atoms with Crippen LogP contribution in [0.1, 0.15) is 40.0 Å². The first-order valence-corrected chi connectivity index (χ1v) is 12.9. The van der Waals surface area contributed by atoms with Crippen LogP contribution in [-0.2, 0) is 6.42 Å². The van der Waals surface area contributed by atoms with E-state index >= 15 is 0 Å². The van der Waals surface area contributed by atoms with Crippen LogP contribution in [0.5, 0.6) is 5.75 Å².